The zero-order valence-electron chi connectivity index (χ0n) is 19.9. The number of nitrogens with zero attached hydrogens (tertiary/aromatic N) is 1. The van der Waals surface area contributed by atoms with E-state index in [2.05, 4.69) is 39.0 Å². The van der Waals surface area contributed by atoms with Crippen LogP contribution < -0.4 is 4.74 Å². The molecule has 1 saturated carbocycles. The topological polar surface area (TPSA) is 50.1 Å². The number of esters is 1. The van der Waals surface area contributed by atoms with Gasteiger partial charge in [0.1, 0.15) is 11.8 Å². The lowest BCUT2D eigenvalue weighted by atomic mass is 9.76. The molecule has 0 atom stereocenters. The van der Waals surface area contributed by atoms with E-state index in [1.165, 1.54) is 44.1 Å². The lowest BCUT2D eigenvalue weighted by Crippen LogP contribution is -2.14. The van der Waals surface area contributed by atoms with Gasteiger partial charge in [-0.2, -0.15) is 5.26 Å². The number of nitriles is 1. The SMILES string of the molecule is CCCCc1ccc(OC(=O)c2ccc(C3CCC(CCC(C)C)CC3)cc2)c(C#N)c1. The van der Waals surface area contributed by atoms with Gasteiger partial charge in [0.05, 0.1) is 11.1 Å². The quantitative estimate of drug-likeness (QED) is 0.300. The van der Waals surface area contributed by atoms with E-state index in [1.54, 1.807) is 6.07 Å². The molecule has 3 nitrogen and oxygen atoms in total. The van der Waals surface area contributed by atoms with Gasteiger partial charge in [-0.3, -0.25) is 0 Å². The van der Waals surface area contributed by atoms with E-state index in [9.17, 15) is 10.1 Å². The molecule has 0 radical (unpaired) electrons. The molecule has 170 valence electrons. The summed E-state index contributed by atoms with van der Waals surface area (Å²) in [4.78, 5) is 12.7. The third-order valence-electron chi connectivity index (χ3n) is 6.80. The average Bonchev–Trinajstić information content (AvgIpc) is 2.82. The molecule has 0 saturated heterocycles. The number of aryl methyl sites for hydroxylation is 1. The van der Waals surface area contributed by atoms with Crippen molar-refractivity contribution >= 4 is 5.97 Å². The van der Waals surface area contributed by atoms with Gasteiger partial charge < -0.3 is 4.74 Å². The fraction of sp³-hybridized carbons (Fsp3) is 0.517. The first-order valence-corrected chi connectivity index (χ1v) is 12.3. The average molecular weight is 432 g/mol. The zero-order chi connectivity index (χ0) is 22.9. The second kappa shape index (κ2) is 11.9. The predicted octanol–water partition coefficient (Wildman–Crippen LogP) is 7.83. The van der Waals surface area contributed by atoms with Crippen LogP contribution in [-0.4, -0.2) is 5.97 Å². The Labute approximate surface area is 193 Å². The van der Waals surface area contributed by atoms with E-state index >= 15 is 0 Å². The fourth-order valence-electron chi connectivity index (χ4n) is 4.69. The smallest absolute Gasteiger partial charge is 0.343 e. The van der Waals surface area contributed by atoms with Crippen LogP contribution in [0.1, 0.15) is 105 Å². The van der Waals surface area contributed by atoms with Crippen molar-refractivity contribution in [1.29, 1.82) is 5.26 Å². The van der Waals surface area contributed by atoms with Gasteiger partial charge in [0.2, 0.25) is 0 Å². The van der Waals surface area contributed by atoms with E-state index in [0.29, 0.717) is 22.8 Å². The van der Waals surface area contributed by atoms with Gasteiger partial charge in [0.15, 0.2) is 0 Å². The first-order valence-electron chi connectivity index (χ1n) is 12.3. The largest absolute Gasteiger partial charge is 0.422 e. The Hall–Kier alpha value is -2.60. The highest BCUT2D eigenvalue weighted by molar-refractivity contribution is 5.91. The number of hydrogen-bond acceptors (Lipinski definition) is 3. The van der Waals surface area contributed by atoms with Crippen LogP contribution in [0.4, 0.5) is 0 Å². The third kappa shape index (κ3) is 6.70. The van der Waals surface area contributed by atoms with Crippen molar-refractivity contribution in [2.24, 2.45) is 11.8 Å². The molecular weight excluding hydrogens is 394 g/mol. The minimum atomic E-state index is -0.410. The summed E-state index contributed by atoms with van der Waals surface area (Å²) in [6.07, 6.45) is 10.9. The summed E-state index contributed by atoms with van der Waals surface area (Å²) in [5, 5.41) is 9.47. The number of rotatable bonds is 9. The molecule has 0 heterocycles. The molecule has 2 aromatic carbocycles. The Kier molecular flexibility index (Phi) is 8.91. The monoisotopic (exact) mass is 431 g/mol. The molecule has 0 spiro atoms. The maximum Gasteiger partial charge on any atom is 0.343 e. The van der Waals surface area contributed by atoms with Crippen LogP contribution in [-0.2, 0) is 6.42 Å². The number of benzene rings is 2. The van der Waals surface area contributed by atoms with E-state index in [1.807, 2.05) is 24.3 Å². The van der Waals surface area contributed by atoms with Gasteiger partial charge in [0, 0.05) is 0 Å². The van der Waals surface area contributed by atoms with Crippen molar-refractivity contribution in [1.82, 2.24) is 0 Å². The van der Waals surface area contributed by atoms with Crippen molar-refractivity contribution in [3.05, 3.63) is 64.7 Å². The van der Waals surface area contributed by atoms with Gasteiger partial charge >= 0.3 is 5.97 Å². The molecular formula is C29H37NO2. The van der Waals surface area contributed by atoms with E-state index in [0.717, 1.165) is 36.7 Å². The maximum absolute atomic E-state index is 12.7. The van der Waals surface area contributed by atoms with Crippen LogP contribution in [0.2, 0.25) is 0 Å². The molecule has 3 heteroatoms. The first kappa shape index (κ1) is 24.1. The lowest BCUT2D eigenvalue weighted by molar-refractivity contribution is 0.0734. The molecule has 2 aromatic rings. The Morgan fingerprint density at radius 1 is 1.09 bits per heavy atom. The Morgan fingerprint density at radius 2 is 1.81 bits per heavy atom. The van der Waals surface area contributed by atoms with Gasteiger partial charge in [-0.25, -0.2) is 4.79 Å². The summed E-state index contributed by atoms with van der Waals surface area (Å²) in [5.41, 5.74) is 3.37. The zero-order valence-corrected chi connectivity index (χ0v) is 19.9. The van der Waals surface area contributed by atoms with Gasteiger partial charge in [-0.15, -0.1) is 0 Å². The standard InChI is InChI=1S/C29H37NO2/c1-4-5-6-23-11-18-28(27(19-23)20-30)32-29(31)26-16-14-25(15-17-26)24-12-9-22(10-13-24)8-7-21(2)3/h11,14-19,21-22,24H,4-10,12-13H2,1-3H3. The molecule has 0 amide bonds. The molecule has 0 unspecified atom stereocenters. The van der Waals surface area contributed by atoms with Crippen molar-refractivity contribution < 1.29 is 9.53 Å². The summed E-state index contributed by atoms with van der Waals surface area (Å²) in [6.45, 7) is 6.76. The predicted molar refractivity (Wildman–Crippen MR) is 130 cm³/mol. The molecule has 1 aliphatic carbocycles. The third-order valence-corrected chi connectivity index (χ3v) is 6.80. The highest BCUT2D eigenvalue weighted by atomic mass is 16.5. The minimum absolute atomic E-state index is 0.335. The summed E-state index contributed by atoms with van der Waals surface area (Å²) in [7, 11) is 0. The van der Waals surface area contributed by atoms with Crippen LogP contribution in [0.25, 0.3) is 0 Å². The molecule has 0 N–H and O–H groups in total. The molecule has 0 aromatic heterocycles. The summed E-state index contributed by atoms with van der Waals surface area (Å²) in [6, 6.07) is 15.6. The van der Waals surface area contributed by atoms with Crippen molar-refractivity contribution in [3.8, 4) is 11.8 Å². The second-order valence-electron chi connectivity index (χ2n) is 9.75. The molecule has 0 aliphatic heterocycles. The van der Waals surface area contributed by atoms with E-state index in [-0.39, 0.29) is 0 Å². The minimum Gasteiger partial charge on any atom is -0.422 e. The van der Waals surface area contributed by atoms with Crippen molar-refractivity contribution in [2.45, 2.75) is 84.5 Å². The van der Waals surface area contributed by atoms with Gasteiger partial charge in [0.25, 0.3) is 0 Å². The molecule has 1 fully saturated rings. The lowest BCUT2D eigenvalue weighted by Gasteiger charge is -2.29. The summed E-state index contributed by atoms with van der Waals surface area (Å²) in [5.74, 6) is 2.19. The van der Waals surface area contributed by atoms with Crippen molar-refractivity contribution in [2.75, 3.05) is 0 Å². The molecule has 1 aliphatic rings. The molecule has 3 rings (SSSR count). The van der Waals surface area contributed by atoms with Crippen LogP contribution in [0.3, 0.4) is 0 Å². The Balaban J connectivity index is 1.57. The highest BCUT2D eigenvalue weighted by Crippen LogP contribution is 2.38. The van der Waals surface area contributed by atoms with Crippen molar-refractivity contribution in [3.63, 3.8) is 0 Å². The highest BCUT2D eigenvalue weighted by Gasteiger charge is 2.23. The van der Waals surface area contributed by atoms with Crippen LogP contribution >= 0.6 is 0 Å². The molecule has 32 heavy (non-hydrogen) atoms. The first-order chi connectivity index (χ1) is 15.5. The van der Waals surface area contributed by atoms with Gasteiger partial charge in [-0.1, -0.05) is 58.2 Å². The number of carbonyl (C=O) groups is 1. The van der Waals surface area contributed by atoms with Crippen LogP contribution in [0, 0.1) is 23.2 Å². The molecule has 0 bridgehead atoms. The fourth-order valence-corrected chi connectivity index (χ4v) is 4.69. The van der Waals surface area contributed by atoms with Crippen LogP contribution in [0.5, 0.6) is 5.75 Å². The summed E-state index contributed by atoms with van der Waals surface area (Å²) >= 11 is 0. The van der Waals surface area contributed by atoms with E-state index in [4.69, 9.17) is 4.74 Å². The normalized spacial score (nSPS) is 18.3. The number of carbonyl (C=O) groups excluding carboxylic acids is 1. The number of ether oxygens (including phenoxy) is 1. The van der Waals surface area contributed by atoms with Gasteiger partial charge in [-0.05, 0) is 91.7 Å². The maximum atomic E-state index is 12.7. The summed E-state index contributed by atoms with van der Waals surface area (Å²) < 4.78 is 5.57. The van der Waals surface area contributed by atoms with E-state index < -0.39 is 5.97 Å². The second-order valence-corrected chi connectivity index (χ2v) is 9.75. The number of unbranched alkanes of at least 4 members (excludes halogenated alkanes) is 1. The Morgan fingerprint density at radius 3 is 2.44 bits per heavy atom. The number of hydrogen-bond donors (Lipinski definition) is 0. The van der Waals surface area contributed by atoms with Crippen LogP contribution in [0.15, 0.2) is 42.5 Å². The Bertz CT molecular complexity index is 915.